The van der Waals surface area contributed by atoms with Crippen LogP contribution in [0.4, 0.5) is 0 Å². The molecule has 0 spiro atoms. The van der Waals surface area contributed by atoms with E-state index in [0.717, 1.165) is 18.0 Å². The molecule has 1 saturated heterocycles. The number of nitrogens with one attached hydrogen (secondary N) is 1. The highest BCUT2D eigenvalue weighted by Crippen LogP contribution is 2.48. The standard InChI is InChI=1S/C21H25ClN2O2.C2H6/c1-20(2)12-24(13-21(25,26)23-20)19-11-17(14-6-4-3-5-7-14)16-9-8-15(22)10-18(16)19;1-2/h3-10,17,19,23,25-26H,11-13H2,1-2H3;1-2H3/t17-,19+;/m0./s1. The molecule has 0 bridgehead atoms. The minimum atomic E-state index is -1.90. The van der Waals surface area contributed by atoms with Crippen LogP contribution in [0.15, 0.2) is 48.5 Å². The Morgan fingerprint density at radius 2 is 1.68 bits per heavy atom. The van der Waals surface area contributed by atoms with Crippen molar-refractivity contribution in [2.45, 2.75) is 57.5 Å². The fourth-order valence-corrected chi connectivity index (χ4v) is 4.84. The molecule has 0 aromatic heterocycles. The molecule has 2 atom stereocenters. The van der Waals surface area contributed by atoms with E-state index in [1.54, 1.807) is 0 Å². The van der Waals surface area contributed by atoms with Crippen LogP contribution in [0.3, 0.4) is 0 Å². The fourth-order valence-electron chi connectivity index (χ4n) is 4.66. The second-order valence-electron chi connectivity index (χ2n) is 8.22. The monoisotopic (exact) mass is 402 g/mol. The van der Waals surface area contributed by atoms with Gasteiger partial charge in [-0.1, -0.05) is 61.8 Å². The van der Waals surface area contributed by atoms with Gasteiger partial charge in [0.25, 0.3) is 0 Å². The zero-order chi connectivity index (χ0) is 20.5. The van der Waals surface area contributed by atoms with Gasteiger partial charge in [0, 0.05) is 29.1 Å². The van der Waals surface area contributed by atoms with Crippen molar-refractivity contribution in [3.63, 3.8) is 0 Å². The molecular formula is C23H31ClN2O2. The first-order chi connectivity index (χ1) is 13.2. The third kappa shape index (κ3) is 4.42. The minimum absolute atomic E-state index is 0.106. The predicted octanol–water partition coefficient (Wildman–Crippen LogP) is 4.27. The van der Waals surface area contributed by atoms with Crippen molar-refractivity contribution in [2.24, 2.45) is 0 Å². The second kappa shape index (κ2) is 8.13. The molecule has 152 valence electrons. The van der Waals surface area contributed by atoms with E-state index in [1.807, 2.05) is 45.9 Å². The van der Waals surface area contributed by atoms with Crippen molar-refractivity contribution in [2.75, 3.05) is 13.1 Å². The molecule has 0 radical (unpaired) electrons. The van der Waals surface area contributed by atoms with Gasteiger partial charge >= 0.3 is 0 Å². The molecule has 1 aliphatic heterocycles. The number of piperazine rings is 1. The average Bonchev–Trinajstić information content (AvgIpc) is 3.00. The Kier molecular flexibility index (Phi) is 6.18. The van der Waals surface area contributed by atoms with E-state index in [9.17, 15) is 10.2 Å². The summed E-state index contributed by atoms with van der Waals surface area (Å²) in [7, 11) is 0. The van der Waals surface area contributed by atoms with E-state index in [0.29, 0.717) is 5.92 Å². The smallest absolute Gasteiger partial charge is 0.236 e. The van der Waals surface area contributed by atoms with Gasteiger partial charge in [-0.3, -0.25) is 10.2 Å². The Bertz CT molecular complexity index is 792. The lowest BCUT2D eigenvalue weighted by Gasteiger charge is -2.48. The van der Waals surface area contributed by atoms with Crippen LogP contribution in [0.1, 0.15) is 62.8 Å². The molecule has 1 fully saturated rings. The number of benzene rings is 2. The molecule has 0 unspecified atom stereocenters. The Labute approximate surface area is 173 Å². The summed E-state index contributed by atoms with van der Waals surface area (Å²) < 4.78 is 0. The molecule has 4 rings (SSSR count). The number of aliphatic hydroxyl groups is 2. The summed E-state index contributed by atoms with van der Waals surface area (Å²) in [5, 5.41) is 24.2. The van der Waals surface area contributed by atoms with Crippen molar-refractivity contribution in [3.05, 3.63) is 70.2 Å². The van der Waals surface area contributed by atoms with Crippen LogP contribution in [-0.4, -0.2) is 39.7 Å². The van der Waals surface area contributed by atoms with E-state index >= 15 is 0 Å². The summed E-state index contributed by atoms with van der Waals surface area (Å²) in [5.41, 5.74) is 3.36. The molecule has 2 aromatic carbocycles. The maximum absolute atomic E-state index is 10.3. The number of hydrogen-bond acceptors (Lipinski definition) is 4. The van der Waals surface area contributed by atoms with Crippen molar-refractivity contribution >= 4 is 11.6 Å². The first-order valence-corrected chi connectivity index (χ1v) is 10.4. The molecule has 0 amide bonds. The van der Waals surface area contributed by atoms with E-state index in [4.69, 9.17) is 11.6 Å². The van der Waals surface area contributed by atoms with Gasteiger partial charge in [-0.15, -0.1) is 0 Å². The largest absolute Gasteiger partial charge is 0.352 e. The normalized spacial score (nSPS) is 25.5. The Morgan fingerprint density at radius 1 is 1.00 bits per heavy atom. The van der Waals surface area contributed by atoms with Gasteiger partial charge < -0.3 is 10.2 Å². The molecule has 3 N–H and O–H groups in total. The van der Waals surface area contributed by atoms with Gasteiger partial charge in [0.15, 0.2) is 0 Å². The van der Waals surface area contributed by atoms with E-state index in [1.165, 1.54) is 16.7 Å². The number of rotatable bonds is 2. The first-order valence-electron chi connectivity index (χ1n) is 10.1. The summed E-state index contributed by atoms with van der Waals surface area (Å²) in [6.07, 6.45) is 0.909. The van der Waals surface area contributed by atoms with Crippen LogP contribution in [-0.2, 0) is 0 Å². The van der Waals surface area contributed by atoms with Crippen molar-refractivity contribution in [3.8, 4) is 0 Å². The fraction of sp³-hybridized carbons (Fsp3) is 0.478. The Hall–Kier alpha value is -1.43. The van der Waals surface area contributed by atoms with Crippen LogP contribution in [0, 0.1) is 0 Å². The van der Waals surface area contributed by atoms with Gasteiger partial charge in [0.05, 0.1) is 6.54 Å². The lowest BCUT2D eigenvalue weighted by atomic mass is 9.93. The molecule has 28 heavy (non-hydrogen) atoms. The molecule has 1 aliphatic carbocycles. The SMILES string of the molecule is CC.CC1(C)CN([C@@H]2C[C@@H](c3ccccc3)c3ccc(Cl)cc32)CC(O)(O)N1. The number of hydrogen-bond donors (Lipinski definition) is 3. The highest BCUT2D eigenvalue weighted by atomic mass is 35.5. The number of halogens is 1. The Morgan fingerprint density at radius 3 is 2.32 bits per heavy atom. The predicted molar refractivity (Wildman–Crippen MR) is 114 cm³/mol. The van der Waals surface area contributed by atoms with Gasteiger partial charge in [-0.25, -0.2) is 0 Å². The topological polar surface area (TPSA) is 55.7 Å². The lowest BCUT2D eigenvalue weighted by molar-refractivity contribution is -0.234. The molecule has 2 aliphatic rings. The van der Waals surface area contributed by atoms with Gasteiger partial charge in [-0.05, 0) is 49.1 Å². The van der Waals surface area contributed by atoms with Crippen LogP contribution >= 0.6 is 11.6 Å². The summed E-state index contributed by atoms with van der Waals surface area (Å²) in [6.45, 7) is 8.87. The first kappa shape index (κ1) is 21.3. The van der Waals surface area contributed by atoms with Gasteiger partial charge in [0.1, 0.15) is 0 Å². The van der Waals surface area contributed by atoms with Crippen molar-refractivity contribution < 1.29 is 10.2 Å². The third-order valence-electron chi connectivity index (χ3n) is 5.45. The maximum atomic E-state index is 10.3. The van der Waals surface area contributed by atoms with E-state index in [-0.39, 0.29) is 12.6 Å². The highest BCUT2D eigenvalue weighted by Gasteiger charge is 2.45. The molecule has 2 aromatic rings. The second-order valence-corrected chi connectivity index (χ2v) is 8.65. The number of β-amino-alcohol motifs (C(OH)–C–C–N with tert-alkyl or cyclic N) is 2. The Balaban J connectivity index is 0.00000109. The van der Waals surface area contributed by atoms with Crippen molar-refractivity contribution in [1.82, 2.24) is 10.2 Å². The molecule has 1 heterocycles. The van der Waals surface area contributed by atoms with E-state index < -0.39 is 11.4 Å². The lowest BCUT2D eigenvalue weighted by Crippen LogP contribution is -2.69. The molecule has 0 saturated carbocycles. The summed E-state index contributed by atoms with van der Waals surface area (Å²) >= 11 is 6.30. The number of fused-ring (bicyclic) bond motifs is 1. The summed E-state index contributed by atoms with van der Waals surface area (Å²) in [6, 6.07) is 16.7. The summed E-state index contributed by atoms with van der Waals surface area (Å²) in [4.78, 5) is 2.18. The van der Waals surface area contributed by atoms with Crippen LogP contribution in [0.25, 0.3) is 0 Å². The zero-order valence-corrected chi connectivity index (χ0v) is 17.9. The molecule has 5 heteroatoms. The van der Waals surface area contributed by atoms with Gasteiger partial charge in [-0.2, -0.15) is 0 Å². The zero-order valence-electron chi connectivity index (χ0n) is 17.1. The quantitative estimate of drug-likeness (QED) is 0.657. The van der Waals surface area contributed by atoms with Gasteiger partial charge in [0.2, 0.25) is 5.91 Å². The number of nitrogens with zero attached hydrogens (tertiary/aromatic N) is 1. The van der Waals surface area contributed by atoms with Crippen LogP contribution < -0.4 is 5.32 Å². The third-order valence-corrected chi connectivity index (χ3v) is 5.68. The molecule has 4 nitrogen and oxygen atoms in total. The molecular weight excluding hydrogens is 372 g/mol. The highest BCUT2D eigenvalue weighted by molar-refractivity contribution is 6.30. The maximum Gasteiger partial charge on any atom is 0.236 e. The van der Waals surface area contributed by atoms with Crippen LogP contribution in [0.5, 0.6) is 0 Å². The minimum Gasteiger partial charge on any atom is -0.352 e. The summed E-state index contributed by atoms with van der Waals surface area (Å²) in [5.74, 6) is -1.61. The van der Waals surface area contributed by atoms with E-state index in [2.05, 4.69) is 40.5 Å². The van der Waals surface area contributed by atoms with Crippen molar-refractivity contribution in [1.29, 1.82) is 0 Å². The van der Waals surface area contributed by atoms with Crippen LogP contribution in [0.2, 0.25) is 5.02 Å². The average molecular weight is 403 g/mol.